The highest BCUT2D eigenvalue weighted by atomic mass is 16.5. The zero-order valence-electron chi connectivity index (χ0n) is 12.5. The monoisotopic (exact) mass is 299 g/mol. The van der Waals surface area contributed by atoms with Gasteiger partial charge < -0.3 is 14.6 Å². The summed E-state index contributed by atoms with van der Waals surface area (Å²) in [4.78, 5) is 15.8. The van der Waals surface area contributed by atoms with E-state index in [4.69, 9.17) is 9.47 Å². The van der Waals surface area contributed by atoms with Crippen LogP contribution in [0.4, 0.5) is 0 Å². The molecule has 2 aromatic rings. The minimum atomic E-state index is -0.778. The Kier molecular flexibility index (Phi) is 3.71. The molecule has 5 heteroatoms. The van der Waals surface area contributed by atoms with Crippen molar-refractivity contribution in [1.82, 2.24) is 4.98 Å². The summed E-state index contributed by atoms with van der Waals surface area (Å²) in [6.07, 6.45) is 1.32. The van der Waals surface area contributed by atoms with Gasteiger partial charge in [0.05, 0.1) is 25.8 Å². The quantitative estimate of drug-likeness (QED) is 0.940. The lowest BCUT2D eigenvalue weighted by atomic mass is 10.0. The van der Waals surface area contributed by atoms with Crippen molar-refractivity contribution >= 4 is 5.97 Å². The van der Waals surface area contributed by atoms with Crippen molar-refractivity contribution in [1.29, 1.82) is 0 Å². The number of aromatic nitrogens is 1. The summed E-state index contributed by atoms with van der Waals surface area (Å²) in [7, 11) is 3.19. The Balaban J connectivity index is 1.99. The van der Waals surface area contributed by atoms with Crippen LogP contribution in [0.3, 0.4) is 0 Å². The number of hydrogen-bond donors (Lipinski definition) is 1. The van der Waals surface area contributed by atoms with Gasteiger partial charge in [-0.2, -0.15) is 0 Å². The number of nitrogens with zero attached hydrogens (tertiary/aromatic N) is 1. The number of aryl methyl sites for hydroxylation is 1. The molecule has 0 fully saturated rings. The number of carboxylic acid groups (broad SMARTS) is 1. The second-order valence-electron chi connectivity index (χ2n) is 5.23. The molecule has 114 valence electrons. The van der Waals surface area contributed by atoms with E-state index >= 15 is 0 Å². The van der Waals surface area contributed by atoms with Crippen LogP contribution >= 0.6 is 0 Å². The van der Waals surface area contributed by atoms with Crippen LogP contribution in [-0.4, -0.2) is 30.3 Å². The highest BCUT2D eigenvalue weighted by molar-refractivity contribution is 5.78. The minimum Gasteiger partial charge on any atom is -0.493 e. The van der Waals surface area contributed by atoms with Gasteiger partial charge in [-0.3, -0.25) is 9.78 Å². The molecule has 3 rings (SSSR count). The summed E-state index contributed by atoms with van der Waals surface area (Å²) >= 11 is 0. The van der Waals surface area contributed by atoms with Crippen LogP contribution in [0.1, 0.15) is 23.6 Å². The number of carbonyl (C=O) groups is 1. The van der Waals surface area contributed by atoms with Crippen molar-refractivity contribution in [2.75, 3.05) is 14.2 Å². The van der Waals surface area contributed by atoms with Gasteiger partial charge in [0.2, 0.25) is 0 Å². The highest BCUT2D eigenvalue weighted by Gasteiger charge is 2.29. The Bertz CT molecular complexity index is 727. The fourth-order valence-corrected chi connectivity index (χ4v) is 2.88. The number of ether oxygens (including phenoxy) is 2. The van der Waals surface area contributed by atoms with Gasteiger partial charge in [0.25, 0.3) is 0 Å². The van der Waals surface area contributed by atoms with Crippen molar-refractivity contribution in [2.45, 2.75) is 18.8 Å². The molecule has 0 bridgehead atoms. The van der Waals surface area contributed by atoms with E-state index in [0.717, 1.165) is 22.5 Å². The summed E-state index contributed by atoms with van der Waals surface area (Å²) in [5.74, 6) is 0.102. The number of benzene rings is 1. The molecule has 0 amide bonds. The van der Waals surface area contributed by atoms with Gasteiger partial charge in [-0.15, -0.1) is 0 Å². The van der Waals surface area contributed by atoms with Gasteiger partial charge in [-0.1, -0.05) is 6.07 Å². The van der Waals surface area contributed by atoms with Gasteiger partial charge in [-0.25, -0.2) is 0 Å². The van der Waals surface area contributed by atoms with E-state index in [2.05, 4.69) is 4.98 Å². The second kappa shape index (κ2) is 5.67. The largest absolute Gasteiger partial charge is 0.493 e. The number of methoxy groups -OCH3 is 2. The van der Waals surface area contributed by atoms with Gasteiger partial charge in [0.1, 0.15) is 0 Å². The molecule has 1 N–H and O–H groups in total. The molecular formula is C17H17NO4. The summed E-state index contributed by atoms with van der Waals surface area (Å²) < 4.78 is 10.5. The highest BCUT2D eigenvalue weighted by Crippen LogP contribution is 2.36. The Morgan fingerprint density at radius 3 is 2.64 bits per heavy atom. The number of pyridine rings is 1. The van der Waals surface area contributed by atoms with Gasteiger partial charge in [0.15, 0.2) is 11.5 Å². The molecule has 1 aromatic heterocycles. The molecule has 1 atom stereocenters. The summed E-state index contributed by atoms with van der Waals surface area (Å²) in [5.41, 5.74) is 3.43. The third kappa shape index (κ3) is 2.39. The van der Waals surface area contributed by atoms with E-state index in [1.807, 2.05) is 30.3 Å². The lowest BCUT2D eigenvalue weighted by molar-refractivity contribution is -0.138. The predicted octanol–water partition coefficient (Wildman–Crippen LogP) is 2.88. The lowest BCUT2D eigenvalue weighted by Crippen LogP contribution is -2.07. The molecule has 0 aliphatic heterocycles. The van der Waals surface area contributed by atoms with Gasteiger partial charge in [-0.05, 0) is 42.7 Å². The van der Waals surface area contributed by atoms with E-state index in [0.29, 0.717) is 24.3 Å². The molecule has 1 unspecified atom stereocenters. The molecule has 0 saturated heterocycles. The van der Waals surface area contributed by atoms with Crippen molar-refractivity contribution < 1.29 is 19.4 Å². The zero-order valence-corrected chi connectivity index (χ0v) is 12.5. The topological polar surface area (TPSA) is 68.7 Å². The van der Waals surface area contributed by atoms with Crippen molar-refractivity contribution in [3.63, 3.8) is 0 Å². The Hall–Kier alpha value is -2.56. The maximum atomic E-state index is 11.2. The van der Waals surface area contributed by atoms with E-state index in [-0.39, 0.29) is 0 Å². The smallest absolute Gasteiger partial charge is 0.311 e. The molecule has 1 aliphatic carbocycles. The molecule has 1 heterocycles. The first-order valence-corrected chi connectivity index (χ1v) is 7.09. The SMILES string of the molecule is COc1ccc(-c2ccc3c(n2)CCC3C(=O)O)cc1OC. The van der Waals surface area contributed by atoms with Crippen LogP contribution in [-0.2, 0) is 11.2 Å². The van der Waals surface area contributed by atoms with Crippen LogP contribution in [0.25, 0.3) is 11.3 Å². The summed E-state index contributed by atoms with van der Waals surface area (Å²) in [6, 6.07) is 9.36. The maximum absolute atomic E-state index is 11.2. The second-order valence-corrected chi connectivity index (χ2v) is 5.23. The van der Waals surface area contributed by atoms with E-state index in [9.17, 15) is 9.90 Å². The minimum absolute atomic E-state index is 0.429. The van der Waals surface area contributed by atoms with E-state index in [1.54, 1.807) is 14.2 Å². The van der Waals surface area contributed by atoms with Crippen LogP contribution in [0.5, 0.6) is 11.5 Å². The number of carboxylic acids is 1. The van der Waals surface area contributed by atoms with Crippen LogP contribution in [0.15, 0.2) is 30.3 Å². The molecule has 22 heavy (non-hydrogen) atoms. The fraction of sp³-hybridized carbons (Fsp3) is 0.294. The number of fused-ring (bicyclic) bond motifs is 1. The van der Waals surface area contributed by atoms with Crippen LogP contribution in [0, 0.1) is 0 Å². The van der Waals surface area contributed by atoms with Gasteiger partial charge in [0, 0.05) is 11.3 Å². The number of rotatable bonds is 4. The van der Waals surface area contributed by atoms with E-state index < -0.39 is 11.9 Å². The van der Waals surface area contributed by atoms with Gasteiger partial charge >= 0.3 is 5.97 Å². The average molecular weight is 299 g/mol. The van der Waals surface area contributed by atoms with Crippen LogP contribution < -0.4 is 9.47 Å². The fourth-order valence-electron chi connectivity index (χ4n) is 2.88. The Morgan fingerprint density at radius 2 is 1.95 bits per heavy atom. The first-order chi connectivity index (χ1) is 10.6. The molecule has 0 saturated carbocycles. The first-order valence-electron chi connectivity index (χ1n) is 7.09. The zero-order chi connectivity index (χ0) is 15.7. The van der Waals surface area contributed by atoms with E-state index in [1.165, 1.54) is 0 Å². The lowest BCUT2D eigenvalue weighted by Gasteiger charge is -2.10. The molecule has 1 aliphatic rings. The van der Waals surface area contributed by atoms with Crippen LogP contribution in [0.2, 0.25) is 0 Å². The van der Waals surface area contributed by atoms with Crippen molar-refractivity contribution in [3.05, 3.63) is 41.6 Å². The standard InChI is InChI=1S/C17H17NO4/c1-21-15-8-3-10(9-16(15)22-2)13-6-4-11-12(17(19)20)5-7-14(11)18-13/h3-4,6,8-9,12H,5,7H2,1-2H3,(H,19,20). The predicted molar refractivity (Wildman–Crippen MR) is 81.5 cm³/mol. The molecule has 1 aromatic carbocycles. The van der Waals surface area contributed by atoms with Crippen molar-refractivity contribution in [2.24, 2.45) is 0 Å². The number of hydrogen-bond acceptors (Lipinski definition) is 4. The number of aliphatic carboxylic acids is 1. The third-order valence-corrected chi connectivity index (χ3v) is 4.03. The molecular weight excluding hydrogens is 282 g/mol. The first kappa shape index (κ1) is 14.4. The molecule has 0 radical (unpaired) electrons. The maximum Gasteiger partial charge on any atom is 0.311 e. The Morgan fingerprint density at radius 1 is 1.18 bits per heavy atom. The Labute approximate surface area is 128 Å². The van der Waals surface area contributed by atoms with Crippen molar-refractivity contribution in [3.8, 4) is 22.8 Å². The summed E-state index contributed by atoms with van der Waals surface area (Å²) in [6.45, 7) is 0. The average Bonchev–Trinajstić information content (AvgIpc) is 2.97. The normalized spacial score (nSPS) is 16.2. The molecule has 0 spiro atoms. The summed E-state index contributed by atoms with van der Waals surface area (Å²) in [5, 5.41) is 9.21. The molecule has 5 nitrogen and oxygen atoms in total. The third-order valence-electron chi connectivity index (χ3n) is 4.03.